The molecule has 0 radical (unpaired) electrons. The van der Waals surface area contributed by atoms with Crippen LogP contribution in [0.5, 0.6) is 0 Å². The maximum atomic E-state index is 12.4. The first-order valence-corrected chi connectivity index (χ1v) is 9.30. The Hall–Kier alpha value is -2.60. The summed E-state index contributed by atoms with van der Waals surface area (Å²) in [6.07, 6.45) is 2.30. The van der Waals surface area contributed by atoms with Crippen molar-refractivity contribution in [2.75, 3.05) is 5.32 Å². The quantitative estimate of drug-likeness (QED) is 0.668. The smallest absolute Gasteiger partial charge is 0.267 e. The highest BCUT2D eigenvalue weighted by atomic mass is 32.1. The minimum absolute atomic E-state index is 0.0309. The first-order valence-electron chi connectivity index (χ1n) is 8.42. The van der Waals surface area contributed by atoms with Crippen LogP contribution in [0.2, 0.25) is 0 Å². The zero-order valence-corrected chi connectivity index (χ0v) is 14.4. The lowest BCUT2D eigenvalue weighted by atomic mass is 10.1. The molecule has 4 rings (SSSR count). The van der Waals surface area contributed by atoms with Gasteiger partial charge in [-0.1, -0.05) is 18.2 Å². The van der Waals surface area contributed by atoms with Crippen LogP contribution in [0, 0.1) is 5.92 Å². The molecule has 2 aromatic heterocycles. The van der Waals surface area contributed by atoms with Crippen molar-refractivity contribution in [2.24, 2.45) is 5.92 Å². The molecule has 3 aromatic rings. The lowest BCUT2D eigenvalue weighted by Crippen LogP contribution is -2.34. The summed E-state index contributed by atoms with van der Waals surface area (Å²) in [6.45, 7) is 0. The third kappa shape index (κ3) is 3.44. The van der Waals surface area contributed by atoms with E-state index < -0.39 is 0 Å². The Morgan fingerprint density at radius 3 is 2.76 bits per heavy atom. The maximum absolute atomic E-state index is 12.4. The van der Waals surface area contributed by atoms with Crippen LogP contribution in [0.25, 0.3) is 10.2 Å². The number of hydrogen-bond acceptors (Lipinski definition) is 3. The molecule has 5 nitrogen and oxygen atoms in total. The van der Waals surface area contributed by atoms with Gasteiger partial charge in [0, 0.05) is 17.6 Å². The van der Waals surface area contributed by atoms with Crippen molar-refractivity contribution in [3.05, 3.63) is 53.5 Å². The predicted molar refractivity (Wildman–Crippen MR) is 99.8 cm³/mol. The Morgan fingerprint density at radius 2 is 1.96 bits per heavy atom. The van der Waals surface area contributed by atoms with E-state index in [1.807, 2.05) is 47.8 Å². The van der Waals surface area contributed by atoms with Gasteiger partial charge in [-0.15, -0.1) is 11.3 Å². The molecule has 1 aliphatic rings. The standard InChI is InChI=1S/C19H19N3O2S/c23-18(20-13-4-2-1-3-5-13)12-6-7-14(10-12)21-19(24)16-11-17-15(22-16)8-9-25-17/h1-5,8-9,11-12,14,22H,6-7,10H2,(H,20,23)(H,21,24)/t12-,14+/m0/s1. The number of anilines is 1. The Balaban J connectivity index is 1.33. The highest BCUT2D eigenvalue weighted by molar-refractivity contribution is 7.17. The lowest BCUT2D eigenvalue weighted by molar-refractivity contribution is -0.119. The van der Waals surface area contributed by atoms with Gasteiger partial charge in [0.2, 0.25) is 5.91 Å². The highest BCUT2D eigenvalue weighted by Gasteiger charge is 2.31. The van der Waals surface area contributed by atoms with Crippen molar-refractivity contribution in [3.8, 4) is 0 Å². The van der Waals surface area contributed by atoms with Gasteiger partial charge < -0.3 is 15.6 Å². The molecule has 128 valence electrons. The largest absolute Gasteiger partial charge is 0.350 e. The molecule has 3 N–H and O–H groups in total. The average Bonchev–Trinajstić information content (AvgIpc) is 3.31. The SMILES string of the molecule is O=C(N[C@@H]1CC[C@H](C(=O)Nc2ccccc2)C1)c1cc2sccc2[nH]1. The van der Waals surface area contributed by atoms with Crippen LogP contribution in [0.4, 0.5) is 5.69 Å². The topological polar surface area (TPSA) is 74.0 Å². The fraction of sp³-hybridized carbons (Fsp3) is 0.263. The van der Waals surface area contributed by atoms with Gasteiger partial charge in [-0.2, -0.15) is 0 Å². The molecular weight excluding hydrogens is 334 g/mol. The molecule has 1 aliphatic carbocycles. The van der Waals surface area contributed by atoms with Crippen LogP contribution >= 0.6 is 11.3 Å². The molecule has 2 heterocycles. The van der Waals surface area contributed by atoms with E-state index in [0.717, 1.165) is 28.7 Å². The van der Waals surface area contributed by atoms with Crippen LogP contribution in [0.1, 0.15) is 29.8 Å². The predicted octanol–water partition coefficient (Wildman–Crippen LogP) is 3.77. The Labute approximate surface area is 149 Å². The second kappa shape index (κ2) is 6.72. The number of thiophene rings is 1. The Kier molecular flexibility index (Phi) is 4.28. The number of carbonyl (C=O) groups is 2. The fourth-order valence-electron chi connectivity index (χ4n) is 3.35. The second-order valence-electron chi connectivity index (χ2n) is 6.42. The molecule has 2 atom stereocenters. The number of rotatable bonds is 4. The third-order valence-corrected chi connectivity index (χ3v) is 5.53. The average molecular weight is 353 g/mol. The van der Waals surface area contributed by atoms with E-state index in [0.29, 0.717) is 12.1 Å². The van der Waals surface area contributed by atoms with E-state index in [4.69, 9.17) is 0 Å². The second-order valence-corrected chi connectivity index (χ2v) is 7.36. The molecule has 25 heavy (non-hydrogen) atoms. The van der Waals surface area contributed by atoms with Gasteiger partial charge in [0.05, 0.1) is 10.2 Å². The van der Waals surface area contributed by atoms with Crippen molar-refractivity contribution in [1.29, 1.82) is 0 Å². The maximum Gasteiger partial charge on any atom is 0.267 e. The Morgan fingerprint density at radius 1 is 1.12 bits per heavy atom. The first-order chi connectivity index (χ1) is 12.2. The van der Waals surface area contributed by atoms with Crippen LogP contribution < -0.4 is 10.6 Å². The van der Waals surface area contributed by atoms with Crippen LogP contribution in [-0.4, -0.2) is 22.8 Å². The third-order valence-electron chi connectivity index (χ3n) is 4.66. The minimum Gasteiger partial charge on any atom is -0.350 e. The number of fused-ring (bicyclic) bond motifs is 1. The monoisotopic (exact) mass is 353 g/mol. The summed E-state index contributed by atoms with van der Waals surface area (Å²) in [5.41, 5.74) is 2.38. The van der Waals surface area contributed by atoms with E-state index in [-0.39, 0.29) is 23.8 Å². The van der Waals surface area contributed by atoms with Crippen molar-refractivity contribution < 1.29 is 9.59 Å². The van der Waals surface area contributed by atoms with Gasteiger partial charge in [0.15, 0.2) is 0 Å². The number of para-hydroxylation sites is 1. The van der Waals surface area contributed by atoms with Gasteiger partial charge in [-0.3, -0.25) is 9.59 Å². The number of amides is 2. The summed E-state index contributed by atoms with van der Waals surface area (Å²) in [5, 5.41) is 7.99. The zero-order chi connectivity index (χ0) is 17.2. The highest BCUT2D eigenvalue weighted by Crippen LogP contribution is 2.27. The van der Waals surface area contributed by atoms with Crippen molar-refractivity contribution >= 4 is 39.1 Å². The molecule has 1 fully saturated rings. The number of hydrogen-bond donors (Lipinski definition) is 3. The number of nitrogens with one attached hydrogen (secondary N) is 3. The molecular formula is C19H19N3O2S. The van der Waals surface area contributed by atoms with Crippen molar-refractivity contribution in [3.63, 3.8) is 0 Å². The summed E-state index contributed by atoms with van der Waals surface area (Å²) in [6, 6.07) is 13.4. The molecule has 0 bridgehead atoms. The van der Waals surface area contributed by atoms with Gasteiger partial charge in [-0.25, -0.2) is 0 Å². The summed E-state index contributed by atoms with van der Waals surface area (Å²) < 4.78 is 1.08. The van der Waals surface area contributed by atoms with E-state index in [1.54, 1.807) is 11.3 Å². The van der Waals surface area contributed by atoms with E-state index in [2.05, 4.69) is 15.6 Å². The van der Waals surface area contributed by atoms with Gasteiger partial charge in [0.1, 0.15) is 5.69 Å². The zero-order valence-electron chi connectivity index (χ0n) is 13.6. The molecule has 2 amide bonds. The number of aromatic nitrogens is 1. The fourth-order valence-corrected chi connectivity index (χ4v) is 4.13. The number of benzene rings is 1. The summed E-state index contributed by atoms with van der Waals surface area (Å²) in [7, 11) is 0. The van der Waals surface area contributed by atoms with Crippen LogP contribution in [-0.2, 0) is 4.79 Å². The number of carbonyl (C=O) groups excluding carboxylic acids is 2. The molecule has 6 heteroatoms. The normalized spacial score (nSPS) is 19.8. The van der Waals surface area contributed by atoms with Crippen LogP contribution in [0.15, 0.2) is 47.8 Å². The molecule has 0 saturated heterocycles. The molecule has 0 spiro atoms. The number of H-pyrrole nitrogens is 1. The Bertz CT molecular complexity index is 871. The first kappa shape index (κ1) is 15.9. The number of aromatic amines is 1. The van der Waals surface area contributed by atoms with Crippen molar-refractivity contribution in [1.82, 2.24) is 10.3 Å². The lowest BCUT2D eigenvalue weighted by Gasteiger charge is -2.13. The molecule has 0 unspecified atom stereocenters. The summed E-state index contributed by atoms with van der Waals surface area (Å²) in [5.74, 6) is -0.126. The van der Waals surface area contributed by atoms with E-state index >= 15 is 0 Å². The summed E-state index contributed by atoms with van der Waals surface area (Å²) >= 11 is 1.61. The van der Waals surface area contributed by atoms with Gasteiger partial charge in [-0.05, 0) is 48.9 Å². The van der Waals surface area contributed by atoms with Gasteiger partial charge >= 0.3 is 0 Å². The van der Waals surface area contributed by atoms with E-state index in [9.17, 15) is 9.59 Å². The van der Waals surface area contributed by atoms with Crippen molar-refractivity contribution in [2.45, 2.75) is 25.3 Å². The molecule has 1 aromatic carbocycles. The minimum atomic E-state index is -0.0995. The molecule has 1 saturated carbocycles. The van der Waals surface area contributed by atoms with Crippen LogP contribution in [0.3, 0.4) is 0 Å². The van der Waals surface area contributed by atoms with Gasteiger partial charge in [0.25, 0.3) is 5.91 Å². The summed E-state index contributed by atoms with van der Waals surface area (Å²) in [4.78, 5) is 27.9. The van der Waals surface area contributed by atoms with E-state index in [1.165, 1.54) is 0 Å². The molecule has 0 aliphatic heterocycles.